The summed E-state index contributed by atoms with van der Waals surface area (Å²) in [5.41, 5.74) is 3.05. The van der Waals surface area contributed by atoms with Gasteiger partial charge in [-0.25, -0.2) is 0 Å². The Morgan fingerprint density at radius 1 is 1.12 bits per heavy atom. The number of benzene rings is 2. The molecule has 0 amide bonds. The van der Waals surface area contributed by atoms with Gasteiger partial charge in [0.05, 0.1) is 6.61 Å². The number of hydrogen-bond acceptors (Lipinski definition) is 2. The predicted octanol–water partition coefficient (Wildman–Crippen LogP) is 3.86. The van der Waals surface area contributed by atoms with Crippen molar-refractivity contribution in [1.29, 1.82) is 0 Å². The number of phenols is 1. The molecular formula is C14H13ClO2. The fourth-order valence-corrected chi connectivity index (χ4v) is 1.89. The summed E-state index contributed by atoms with van der Waals surface area (Å²) in [5.74, 6) is 0.245. The summed E-state index contributed by atoms with van der Waals surface area (Å²) in [6.45, 7) is 0.465. The summed E-state index contributed by atoms with van der Waals surface area (Å²) >= 11 is 5.86. The van der Waals surface area contributed by atoms with Gasteiger partial charge in [-0.05, 0) is 41.0 Å². The van der Waals surface area contributed by atoms with Crippen molar-refractivity contribution in [3.05, 3.63) is 53.1 Å². The van der Waals surface area contributed by atoms with Gasteiger partial charge in [-0.1, -0.05) is 29.8 Å². The quantitative estimate of drug-likeness (QED) is 0.894. The van der Waals surface area contributed by atoms with Gasteiger partial charge in [0.2, 0.25) is 0 Å². The maximum atomic E-state index is 9.48. The van der Waals surface area contributed by atoms with Crippen molar-refractivity contribution in [2.24, 2.45) is 0 Å². The molecule has 0 saturated heterocycles. The van der Waals surface area contributed by atoms with Crippen molar-refractivity contribution in [3.8, 4) is 16.9 Å². The van der Waals surface area contributed by atoms with E-state index in [1.165, 1.54) is 0 Å². The molecule has 0 fully saturated rings. The van der Waals surface area contributed by atoms with E-state index < -0.39 is 0 Å². The average molecular weight is 249 g/mol. The minimum Gasteiger partial charge on any atom is -0.508 e. The molecule has 0 aliphatic rings. The molecule has 2 nitrogen and oxygen atoms in total. The van der Waals surface area contributed by atoms with E-state index in [9.17, 15) is 5.11 Å². The molecule has 0 atom stereocenters. The zero-order chi connectivity index (χ0) is 12.3. The van der Waals surface area contributed by atoms with Crippen molar-refractivity contribution < 1.29 is 9.84 Å². The number of rotatable bonds is 3. The lowest BCUT2D eigenvalue weighted by atomic mass is 10.00. The molecule has 0 aliphatic carbocycles. The van der Waals surface area contributed by atoms with Crippen LogP contribution in [0.1, 0.15) is 5.56 Å². The third-order valence-corrected chi connectivity index (χ3v) is 2.80. The zero-order valence-corrected chi connectivity index (χ0v) is 10.2. The maximum Gasteiger partial charge on any atom is 0.115 e. The fraction of sp³-hybridized carbons (Fsp3) is 0.143. The van der Waals surface area contributed by atoms with Crippen LogP contribution in [0.15, 0.2) is 42.5 Å². The van der Waals surface area contributed by atoms with Gasteiger partial charge >= 0.3 is 0 Å². The van der Waals surface area contributed by atoms with Gasteiger partial charge in [-0.2, -0.15) is 0 Å². The lowest BCUT2D eigenvalue weighted by molar-refractivity contribution is 0.185. The van der Waals surface area contributed by atoms with Crippen molar-refractivity contribution in [1.82, 2.24) is 0 Å². The highest BCUT2D eigenvalue weighted by atomic mass is 35.5. The molecule has 88 valence electrons. The topological polar surface area (TPSA) is 29.5 Å². The Bertz CT molecular complexity index is 506. The first-order valence-electron chi connectivity index (χ1n) is 5.27. The van der Waals surface area contributed by atoms with Gasteiger partial charge in [0.15, 0.2) is 0 Å². The molecule has 3 heteroatoms. The lowest BCUT2D eigenvalue weighted by Crippen LogP contribution is -1.91. The number of ether oxygens (including phenoxy) is 1. The molecular weight excluding hydrogens is 236 g/mol. The third-order valence-electron chi connectivity index (χ3n) is 2.54. The van der Waals surface area contributed by atoms with Crippen molar-refractivity contribution in [2.45, 2.75) is 6.61 Å². The van der Waals surface area contributed by atoms with Gasteiger partial charge in [0.25, 0.3) is 0 Å². The largest absolute Gasteiger partial charge is 0.508 e. The van der Waals surface area contributed by atoms with Gasteiger partial charge in [-0.15, -0.1) is 0 Å². The van der Waals surface area contributed by atoms with Crippen LogP contribution in [0.4, 0.5) is 0 Å². The molecule has 0 heterocycles. The Kier molecular flexibility index (Phi) is 3.67. The number of halogens is 1. The number of methoxy groups -OCH3 is 1. The molecule has 0 aliphatic heterocycles. The van der Waals surface area contributed by atoms with E-state index >= 15 is 0 Å². The monoisotopic (exact) mass is 248 g/mol. The highest BCUT2D eigenvalue weighted by Crippen LogP contribution is 2.28. The summed E-state index contributed by atoms with van der Waals surface area (Å²) in [4.78, 5) is 0. The molecule has 0 saturated carbocycles. The fourth-order valence-electron chi connectivity index (χ4n) is 1.77. The number of aromatic hydroxyl groups is 1. The van der Waals surface area contributed by atoms with Crippen LogP contribution < -0.4 is 0 Å². The molecule has 0 aromatic heterocycles. The standard InChI is InChI=1S/C14H13ClO2/c1-17-9-11-8-13(16)6-7-14(11)10-2-4-12(15)5-3-10/h2-8,16H,9H2,1H3. The number of hydrogen-bond donors (Lipinski definition) is 1. The highest BCUT2D eigenvalue weighted by molar-refractivity contribution is 6.30. The van der Waals surface area contributed by atoms with Crippen LogP contribution in [0.3, 0.4) is 0 Å². The summed E-state index contributed by atoms with van der Waals surface area (Å²) in [5, 5.41) is 10.2. The van der Waals surface area contributed by atoms with Crippen molar-refractivity contribution in [2.75, 3.05) is 7.11 Å². The van der Waals surface area contributed by atoms with Crippen LogP contribution in [0.5, 0.6) is 5.75 Å². The molecule has 0 spiro atoms. The Morgan fingerprint density at radius 2 is 1.82 bits per heavy atom. The first-order valence-corrected chi connectivity index (χ1v) is 5.65. The van der Waals surface area contributed by atoms with E-state index in [1.807, 2.05) is 30.3 Å². The summed E-state index contributed by atoms with van der Waals surface area (Å²) in [6.07, 6.45) is 0. The van der Waals surface area contributed by atoms with Crippen LogP contribution >= 0.6 is 11.6 Å². The minimum absolute atomic E-state index is 0.245. The Labute approximate surface area is 105 Å². The van der Waals surface area contributed by atoms with E-state index in [1.54, 1.807) is 19.2 Å². The molecule has 0 bridgehead atoms. The van der Waals surface area contributed by atoms with Crippen molar-refractivity contribution in [3.63, 3.8) is 0 Å². The average Bonchev–Trinajstić information content (AvgIpc) is 2.31. The predicted molar refractivity (Wildman–Crippen MR) is 69.3 cm³/mol. The summed E-state index contributed by atoms with van der Waals surface area (Å²) in [6, 6.07) is 12.9. The van der Waals surface area contributed by atoms with E-state index in [4.69, 9.17) is 16.3 Å². The van der Waals surface area contributed by atoms with Crippen LogP contribution in [0, 0.1) is 0 Å². The van der Waals surface area contributed by atoms with Gasteiger partial charge in [0.1, 0.15) is 5.75 Å². The zero-order valence-electron chi connectivity index (χ0n) is 9.48. The van der Waals surface area contributed by atoms with E-state index in [0.29, 0.717) is 11.6 Å². The number of phenolic OH excluding ortho intramolecular Hbond substituents is 1. The van der Waals surface area contributed by atoms with Gasteiger partial charge < -0.3 is 9.84 Å². The highest BCUT2D eigenvalue weighted by Gasteiger charge is 2.06. The molecule has 2 aromatic rings. The first-order chi connectivity index (χ1) is 8.20. The first kappa shape index (κ1) is 12.0. The van der Waals surface area contributed by atoms with Gasteiger partial charge in [0, 0.05) is 12.1 Å². The lowest BCUT2D eigenvalue weighted by Gasteiger charge is -2.09. The molecule has 0 radical (unpaired) electrons. The van der Waals surface area contributed by atoms with Crippen molar-refractivity contribution >= 4 is 11.6 Å². The Morgan fingerprint density at radius 3 is 2.47 bits per heavy atom. The maximum absolute atomic E-state index is 9.48. The van der Waals surface area contributed by atoms with E-state index in [0.717, 1.165) is 16.7 Å². The molecule has 17 heavy (non-hydrogen) atoms. The summed E-state index contributed by atoms with van der Waals surface area (Å²) < 4.78 is 5.13. The minimum atomic E-state index is 0.245. The van der Waals surface area contributed by atoms with E-state index in [-0.39, 0.29) is 5.75 Å². The second-order valence-corrected chi connectivity index (χ2v) is 4.22. The SMILES string of the molecule is COCc1cc(O)ccc1-c1ccc(Cl)cc1. The normalized spacial score (nSPS) is 10.5. The molecule has 1 N–H and O–H groups in total. The smallest absolute Gasteiger partial charge is 0.115 e. The van der Waals surface area contributed by atoms with Crippen LogP contribution in [0.25, 0.3) is 11.1 Å². The summed E-state index contributed by atoms with van der Waals surface area (Å²) in [7, 11) is 1.63. The van der Waals surface area contributed by atoms with Crippen LogP contribution in [-0.4, -0.2) is 12.2 Å². The van der Waals surface area contributed by atoms with Crippen LogP contribution in [0.2, 0.25) is 5.02 Å². The molecule has 2 rings (SSSR count). The molecule has 0 unspecified atom stereocenters. The van der Waals surface area contributed by atoms with E-state index in [2.05, 4.69) is 0 Å². The Hall–Kier alpha value is -1.51. The second-order valence-electron chi connectivity index (χ2n) is 3.78. The molecule has 2 aromatic carbocycles. The van der Waals surface area contributed by atoms with Gasteiger partial charge in [-0.3, -0.25) is 0 Å². The third kappa shape index (κ3) is 2.78. The van der Waals surface area contributed by atoms with Crippen LogP contribution in [-0.2, 0) is 11.3 Å². The second kappa shape index (κ2) is 5.21. The Balaban J connectivity index is 2.46.